The van der Waals surface area contributed by atoms with E-state index in [9.17, 15) is 13.2 Å². The summed E-state index contributed by atoms with van der Waals surface area (Å²) in [7, 11) is -1.82. The Labute approximate surface area is 103 Å². The molecule has 6 heteroatoms. The highest BCUT2D eigenvalue weighted by molar-refractivity contribution is 7.89. The van der Waals surface area contributed by atoms with Gasteiger partial charge in [-0.1, -0.05) is 25.7 Å². The van der Waals surface area contributed by atoms with E-state index in [2.05, 4.69) is 0 Å². The van der Waals surface area contributed by atoms with Gasteiger partial charge in [0.15, 0.2) is 0 Å². The smallest absolute Gasteiger partial charge is 0.304 e. The first-order valence-corrected chi connectivity index (χ1v) is 7.68. The molecule has 1 fully saturated rings. The van der Waals surface area contributed by atoms with Gasteiger partial charge in [0.25, 0.3) is 0 Å². The molecule has 1 N–H and O–H groups in total. The molecule has 1 aliphatic rings. The van der Waals surface area contributed by atoms with E-state index in [1.807, 2.05) is 0 Å². The molecule has 1 aliphatic carbocycles. The van der Waals surface area contributed by atoms with Crippen LogP contribution in [-0.4, -0.2) is 43.1 Å². The number of carboxylic acid groups (broad SMARTS) is 1. The fourth-order valence-corrected chi connectivity index (χ4v) is 3.47. The Hall–Kier alpha value is -0.620. The van der Waals surface area contributed by atoms with Gasteiger partial charge in [-0.3, -0.25) is 4.79 Å². The van der Waals surface area contributed by atoms with E-state index in [-0.39, 0.29) is 18.7 Å². The molecule has 0 aromatic carbocycles. The lowest BCUT2D eigenvalue weighted by atomic mass is 10.1. The average Bonchev–Trinajstić information content (AvgIpc) is 2.75. The molecule has 0 aliphatic heterocycles. The lowest BCUT2D eigenvalue weighted by molar-refractivity contribution is -0.137. The lowest BCUT2D eigenvalue weighted by Crippen LogP contribution is -2.31. The summed E-state index contributed by atoms with van der Waals surface area (Å²) in [5, 5.41) is 8.51. The van der Waals surface area contributed by atoms with E-state index in [0.717, 1.165) is 17.1 Å². The monoisotopic (exact) mass is 263 g/mol. The standard InChI is InChI=1S/C11H21NO4S/c1-12(8-6-11(13)14)17(15,16)9-7-10-4-2-3-5-10/h10H,2-9H2,1H3,(H,13,14). The Morgan fingerprint density at radius 2 is 1.94 bits per heavy atom. The van der Waals surface area contributed by atoms with Gasteiger partial charge >= 0.3 is 5.97 Å². The molecule has 0 aromatic heterocycles. The summed E-state index contributed by atoms with van der Waals surface area (Å²) in [4.78, 5) is 10.4. The van der Waals surface area contributed by atoms with Gasteiger partial charge in [0.1, 0.15) is 0 Å². The number of carbonyl (C=O) groups is 1. The van der Waals surface area contributed by atoms with Crippen molar-refractivity contribution in [3.05, 3.63) is 0 Å². The summed E-state index contributed by atoms with van der Waals surface area (Å²) >= 11 is 0. The topological polar surface area (TPSA) is 74.7 Å². The van der Waals surface area contributed by atoms with Crippen molar-refractivity contribution in [3.63, 3.8) is 0 Å². The van der Waals surface area contributed by atoms with E-state index in [1.54, 1.807) is 0 Å². The SMILES string of the molecule is CN(CCC(=O)O)S(=O)(=O)CCC1CCCC1. The molecule has 0 unspecified atom stereocenters. The van der Waals surface area contributed by atoms with Gasteiger partial charge in [-0.15, -0.1) is 0 Å². The Balaban J connectivity index is 2.35. The number of sulfonamides is 1. The third-order valence-electron chi connectivity index (χ3n) is 3.37. The van der Waals surface area contributed by atoms with Gasteiger partial charge in [0.05, 0.1) is 12.2 Å². The van der Waals surface area contributed by atoms with Gasteiger partial charge in [-0.2, -0.15) is 0 Å². The number of aliphatic carboxylic acids is 1. The summed E-state index contributed by atoms with van der Waals surface area (Å²) < 4.78 is 24.8. The number of rotatable bonds is 7. The van der Waals surface area contributed by atoms with Gasteiger partial charge in [-0.25, -0.2) is 12.7 Å². The van der Waals surface area contributed by atoms with Crippen LogP contribution in [0.3, 0.4) is 0 Å². The maximum atomic E-state index is 11.8. The van der Waals surface area contributed by atoms with Crippen molar-refractivity contribution >= 4 is 16.0 Å². The third kappa shape index (κ3) is 5.04. The second-order valence-corrected chi connectivity index (χ2v) is 6.92. The molecule has 5 nitrogen and oxygen atoms in total. The number of hydrogen-bond acceptors (Lipinski definition) is 3. The summed E-state index contributed by atoms with van der Waals surface area (Å²) in [6.45, 7) is 0.0579. The zero-order valence-corrected chi connectivity index (χ0v) is 11.1. The lowest BCUT2D eigenvalue weighted by Gasteiger charge is -2.17. The molecule has 17 heavy (non-hydrogen) atoms. The van der Waals surface area contributed by atoms with Crippen LogP contribution in [0.5, 0.6) is 0 Å². The Bertz CT molecular complexity index is 346. The molecular formula is C11H21NO4S. The summed E-state index contributed by atoms with van der Waals surface area (Å²) in [5.41, 5.74) is 0. The number of hydrogen-bond donors (Lipinski definition) is 1. The Morgan fingerprint density at radius 1 is 1.35 bits per heavy atom. The largest absolute Gasteiger partial charge is 0.481 e. The molecule has 1 saturated carbocycles. The summed E-state index contributed by atoms with van der Waals surface area (Å²) in [5.74, 6) is -0.283. The minimum atomic E-state index is -3.27. The van der Waals surface area contributed by atoms with E-state index in [0.29, 0.717) is 12.3 Å². The Morgan fingerprint density at radius 3 is 2.47 bits per heavy atom. The molecule has 0 heterocycles. The quantitative estimate of drug-likeness (QED) is 0.751. The van der Waals surface area contributed by atoms with Crippen LogP contribution >= 0.6 is 0 Å². The highest BCUT2D eigenvalue weighted by Crippen LogP contribution is 2.28. The van der Waals surface area contributed by atoms with Crippen molar-refractivity contribution < 1.29 is 18.3 Å². The second kappa shape index (κ2) is 6.35. The van der Waals surface area contributed by atoms with Crippen LogP contribution in [0.25, 0.3) is 0 Å². The van der Waals surface area contributed by atoms with E-state index in [4.69, 9.17) is 5.11 Å². The molecule has 0 saturated heterocycles. The molecule has 0 radical (unpaired) electrons. The van der Waals surface area contributed by atoms with Crippen LogP contribution in [0.1, 0.15) is 38.5 Å². The fraction of sp³-hybridized carbons (Fsp3) is 0.909. The van der Waals surface area contributed by atoms with Gasteiger partial charge in [-0.05, 0) is 12.3 Å². The van der Waals surface area contributed by atoms with E-state index in [1.165, 1.54) is 19.9 Å². The Kier molecular flexibility index (Phi) is 5.39. The summed E-state index contributed by atoms with van der Waals surface area (Å²) in [6.07, 6.45) is 5.25. The molecule has 0 aromatic rings. The molecule has 0 spiro atoms. The minimum absolute atomic E-state index is 0.0579. The highest BCUT2D eigenvalue weighted by Gasteiger charge is 2.22. The molecular weight excluding hydrogens is 242 g/mol. The van der Waals surface area contributed by atoms with Crippen molar-refractivity contribution in [1.82, 2.24) is 4.31 Å². The molecule has 100 valence electrons. The van der Waals surface area contributed by atoms with Crippen LogP contribution in [0.4, 0.5) is 0 Å². The molecule has 0 atom stereocenters. The van der Waals surface area contributed by atoms with Gasteiger partial charge < -0.3 is 5.11 Å². The highest BCUT2D eigenvalue weighted by atomic mass is 32.2. The third-order valence-corrected chi connectivity index (χ3v) is 5.26. The maximum Gasteiger partial charge on any atom is 0.304 e. The predicted octanol–water partition coefficient (Wildman–Crippen LogP) is 1.30. The van der Waals surface area contributed by atoms with Crippen molar-refractivity contribution in [2.45, 2.75) is 38.5 Å². The van der Waals surface area contributed by atoms with Crippen molar-refractivity contribution in [3.8, 4) is 0 Å². The molecule has 1 rings (SSSR count). The van der Waals surface area contributed by atoms with Gasteiger partial charge in [0.2, 0.25) is 10.0 Å². The van der Waals surface area contributed by atoms with Crippen LogP contribution in [0.15, 0.2) is 0 Å². The van der Waals surface area contributed by atoms with E-state index < -0.39 is 16.0 Å². The first-order valence-electron chi connectivity index (χ1n) is 6.07. The first kappa shape index (κ1) is 14.4. The van der Waals surface area contributed by atoms with Crippen LogP contribution in [0, 0.1) is 5.92 Å². The first-order chi connectivity index (χ1) is 7.92. The molecule has 0 amide bonds. The minimum Gasteiger partial charge on any atom is -0.481 e. The average molecular weight is 263 g/mol. The van der Waals surface area contributed by atoms with E-state index >= 15 is 0 Å². The zero-order chi connectivity index (χ0) is 12.9. The summed E-state index contributed by atoms with van der Waals surface area (Å²) in [6, 6.07) is 0. The molecule has 0 bridgehead atoms. The van der Waals surface area contributed by atoms with Gasteiger partial charge in [0, 0.05) is 13.6 Å². The van der Waals surface area contributed by atoms with Crippen molar-refractivity contribution in [2.75, 3.05) is 19.3 Å². The number of nitrogens with zero attached hydrogens (tertiary/aromatic N) is 1. The van der Waals surface area contributed by atoms with Crippen LogP contribution < -0.4 is 0 Å². The van der Waals surface area contributed by atoms with Crippen molar-refractivity contribution in [1.29, 1.82) is 0 Å². The predicted molar refractivity (Wildman–Crippen MR) is 65.2 cm³/mol. The number of carboxylic acids is 1. The van der Waals surface area contributed by atoms with Crippen LogP contribution in [-0.2, 0) is 14.8 Å². The van der Waals surface area contributed by atoms with Crippen molar-refractivity contribution in [2.24, 2.45) is 5.92 Å². The maximum absolute atomic E-state index is 11.8. The van der Waals surface area contributed by atoms with Crippen LogP contribution in [0.2, 0.25) is 0 Å². The normalized spacial score (nSPS) is 17.8. The zero-order valence-electron chi connectivity index (χ0n) is 10.3. The fourth-order valence-electron chi connectivity index (χ4n) is 2.16. The second-order valence-electron chi connectivity index (χ2n) is 4.72.